The van der Waals surface area contributed by atoms with Gasteiger partial charge in [0.2, 0.25) is 0 Å². The molecule has 1 aliphatic heterocycles. The molecular weight excluding hydrogens is 320 g/mol. The number of aliphatic carboxylic acids is 1. The zero-order valence-corrected chi connectivity index (χ0v) is 13.5. The fourth-order valence-corrected chi connectivity index (χ4v) is 2.68. The van der Waals surface area contributed by atoms with E-state index in [4.69, 9.17) is 5.11 Å². The summed E-state index contributed by atoms with van der Waals surface area (Å²) in [4.78, 5) is 24.7. The van der Waals surface area contributed by atoms with E-state index in [1.165, 1.54) is 4.90 Å². The third kappa shape index (κ3) is 4.20. The lowest BCUT2D eigenvalue weighted by Crippen LogP contribution is -2.42. The number of azo groups is 1. The average Bonchev–Trinajstić information content (AvgIpc) is 3.12. The van der Waals surface area contributed by atoms with E-state index in [2.05, 4.69) is 15.5 Å². The van der Waals surface area contributed by atoms with Crippen LogP contribution in [0, 0.1) is 0 Å². The van der Waals surface area contributed by atoms with Crippen molar-refractivity contribution in [2.45, 2.75) is 18.9 Å². The number of carboxylic acid groups (broad SMARTS) is 1. The van der Waals surface area contributed by atoms with Crippen LogP contribution in [0.25, 0.3) is 0 Å². The molecule has 2 aromatic rings. The monoisotopic (exact) mass is 338 g/mol. The van der Waals surface area contributed by atoms with Crippen LogP contribution in [0.3, 0.4) is 0 Å². The summed E-state index contributed by atoms with van der Waals surface area (Å²) in [5, 5.41) is 20.1. The zero-order chi connectivity index (χ0) is 17.6. The van der Waals surface area contributed by atoms with Crippen molar-refractivity contribution in [2.24, 2.45) is 10.2 Å². The van der Waals surface area contributed by atoms with Gasteiger partial charge < -0.3 is 15.3 Å². The maximum atomic E-state index is 12.2. The molecule has 2 aromatic carbocycles. The largest absolute Gasteiger partial charge is 0.480 e. The molecule has 7 heteroatoms. The number of benzene rings is 2. The van der Waals surface area contributed by atoms with Gasteiger partial charge in [-0.25, -0.2) is 9.59 Å². The topological polar surface area (TPSA) is 94.4 Å². The predicted octanol–water partition coefficient (Wildman–Crippen LogP) is 4.18. The summed E-state index contributed by atoms with van der Waals surface area (Å²) >= 11 is 0. The van der Waals surface area contributed by atoms with Gasteiger partial charge in [-0.2, -0.15) is 10.2 Å². The van der Waals surface area contributed by atoms with Crippen LogP contribution >= 0.6 is 0 Å². The molecule has 1 heterocycles. The van der Waals surface area contributed by atoms with Crippen LogP contribution in [0.1, 0.15) is 12.8 Å². The number of carboxylic acids is 1. The number of hydrogen-bond donors (Lipinski definition) is 2. The minimum Gasteiger partial charge on any atom is -0.480 e. The van der Waals surface area contributed by atoms with Crippen LogP contribution in [-0.2, 0) is 4.79 Å². The highest BCUT2D eigenvalue weighted by molar-refractivity contribution is 5.92. The van der Waals surface area contributed by atoms with Gasteiger partial charge in [0.25, 0.3) is 0 Å². The van der Waals surface area contributed by atoms with Crippen molar-refractivity contribution in [3.05, 3.63) is 54.6 Å². The summed E-state index contributed by atoms with van der Waals surface area (Å²) in [6.45, 7) is 0.451. The van der Waals surface area contributed by atoms with E-state index >= 15 is 0 Å². The Labute approximate surface area is 145 Å². The van der Waals surface area contributed by atoms with Crippen molar-refractivity contribution in [3.8, 4) is 0 Å². The van der Waals surface area contributed by atoms with Gasteiger partial charge in [0.05, 0.1) is 11.4 Å². The molecule has 0 aliphatic carbocycles. The highest BCUT2D eigenvalue weighted by atomic mass is 16.4. The van der Waals surface area contributed by atoms with E-state index < -0.39 is 18.0 Å². The maximum absolute atomic E-state index is 12.2. The Morgan fingerprint density at radius 2 is 1.64 bits per heavy atom. The van der Waals surface area contributed by atoms with Crippen LogP contribution in [-0.4, -0.2) is 34.6 Å². The van der Waals surface area contributed by atoms with E-state index in [1.807, 2.05) is 30.3 Å². The molecule has 1 fully saturated rings. The summed E-state index contributed by atoms with van der Waals surface area (Å²) in [6.07, 6.45) is 1.19. The summed E-state index contributed by atoms with van der Waals surface area (Å²) < 4.78 is 0. The first-order chi connectivity index (χ1) is 12.1. The first-order valence-corrected chi connectivity index (χ1v) is 8.01. The number of rotatable bonds is 4. The number of nitrogens with one attached hydrogen (secondary N) is 1. The summed E-state index contributed by atoms with van der Waals surface area (Å²) in [5.41, 5.74) is 2.00. The Morgan fingerprint density at radius 3 is 2.28 bits per heavy atom. The molecule has 0 unspecified atom stereocenters. The molecule has 128 valence electrons. The fraction of sp³-hybridized carbons (Fsp3) is 0.222. The van der Waals surface area contributed by atoms with E-state index in [-0.39, 0.29) is 0 Å². The second-order valence-corrected chi connectivity index (χ2v) is 5.70. The Morgan fingerprint density at radius 1 is 1.00 bits per heavy atom. The van der Waals surface area contributed by atoms with Gasteiger partial charge in [0, 0.05) is 12.2 Å². The molecule has 0 radical (unpaired) electrons. The number of carbonyl (C=O) groups is 2. The van der Waals surface area contributed by atoms with Crippen molar-refractivity contribution in [3.63, 3.8) is 0 Å². The predicted molar refractivity (Wildman–Crippen MR) is 93.4 cm³/mol. The zero-order valence-electron chi connectivity index (χ0n) is 13.5. The van der Waals surface area contributed by atoms with E-state index in [0.717, 1.165) is 5.69 Å². The van der Waals surface area contributed by atoms with Crippen molar-refractivity contribution < 1.29 is 14.7 Å². The lowest BCUT2D eigenvalue weighted by molar-refractivity contribution is -0.141. The SMILES string of the molecule is O=C(O)[C@H]1CCCN1C(=O)Nc1ccc(N=Nc2ccccc2)cc1. The first kappa shape index (κ1) is 16.6. The molecule has 1 atom stereocenters. The number of nitrogens with zero attached hydrogens (tertiary/aromatic N) is 3. The van der Waals surface area contributed by atoms with Crippen molar-refractivity contribution >= 4 is 29.1 Å². The van der Waals surface area contributed by atoms with Gasteiger partial charge in [-0.1, -0.05) is 18.2 Å². The van der Waals surface area contributed by atoms with Gasteiger partial charge in [-0.05, 0) is 49.2 Å². The van der Waals surface area contributed by atoms with Gasteiger partial charge in [0.1, 0.15) is 6.04 Å². The second-order valence-electron chi connectivity index (χ2n) is 5.70. The van der Waals surface area contributed by atoms with Crippen LogP contribution in [0.15, 0.2) is 64.8 Å². The summed E-state index contributed by atoms with van der Waals surface area (Å²) in [6, 6.07) is 15.1. The Balaban J connectivity index is 1.62. The second kappa shape index (κ2) is 7.57. The smallest absolute Gasteiger partial charge is 0.326 e. The molecule has 7 nitrogen and oxygen atoms in total. The van der Waals surface area contributed by atoms with E-state index in [1.54, 1.807) is 24.3 Å². The van der Waals surface area contributed by atoms with Crippen LogP contribution < -0.4 is 5.32 Å². The molecule has 2 N–H and O–H groups in total. The molecule has 0 saturated carbocycles. The van der Waals surface area contributed by atoms with Crippen molar-refractivity contribution in [2.75, 3.05) is 11.9 Å². The molecule has 0 spiro atoms. The minimum atomic E-state index is -0.968. The first-order valence-electron chi connectivity index (χ1n) is 8.01. The quantitative estimate of drug-likeness (QED) is 0.819. The number of likely N-dealkylation sites (tertiary alicyclic amines) is 1. The molecule has 1 saturated heterocycles. The number of hydrogen-bond acceptors (Lipinski definition) is 4. The van der Waals surface area contributed by atoms with Gasteiger partial charge in [-0.15, -0.1) is 0 Å². The molecule has 3 rings (SSSR count). The average molecular weight is 338 g/mol. The maximum Gasteiger partial charge on any atom is 0.326 e. The van der Waals surface area contributed by atoms with Crippen LogP contribution in [0.2, 0.25) is 0 Å². The normalized spacial score (nSPS) is 17.0. The third-order valence-corrected chi connectivity index (χ3v) is 3.95. The Hall–Kier alpha value is -3.22. The molecule has 0 aromatic heterocycles. The number of amides is 2. The highest BCUT2D eigenvalue weighted by Gasteiger charge is 2.33. The number of urea groups is 1. The Bertz CT molecular complexity index is 775. The van der Waals surface area contributed by atoms with E-state index in [0.29, 0.717) is 30.8 Å². The summed E-state index contributed by atoms with van der Waals surface area (Å²) in [7, 11) is 0. The van der Waals surface area contributed by atoms with Crippen LogP contribution in [0.4, 0.5) is 21.9 Å². The lowest BCUT2D eigenvalue weighted by Gasteiger charge is -2.21. The molecule has 1 aliphatic rings. The van der Waals surface area contributed by atoms with Crippen molar-refractivity contribution in [1.82, 2.24) is 4.90 Å². The van der Waals surface area contributed by atoms with Gasteiger partial charge >= 0.3 is 12.0 Å². The van der Waals surface area contributed by atoms with Crippen molar-refractivity contribution in [1.29, 1.82) is 0 Å². The van der Waals surface area contributed by atoms with Gasteiger partial charge in [-0.3, -0.25) is 0 Å². The lowest BCUT2D eigenvalue weighted by atomic mass is 10.2. The molecule has 0 bridgehead atoms. The number of anilines is 1. The Kier molecular flexibility index (Phi) is 5.03. The van der Waals surface area contributed by atoms with Crippen LogP contribution in [0.5, 0.6) is 0 Å². The molecular formula is C18H18N4O3. The third-order valence-electron chi connectivity index (χ3n) is 3.95. The minimum absolute atomic E-state index is 0.399. The molecule has 25 heavy (non-hydrogen) atoms. The number of carbonyl (C=O) groups excluding carboxylic acids is 1. The standard InChI is InChI=1S/C18H18N4O3/c23-17(24)16-7-4-12-22(16)18(25)19-13-8-10-15(11-9-13)21-20-14-5-2-1-3-6-14/h1-3,5-6,8-11,16H,4,7,12H2,(H,19,25)(H,23,24)/t16-/m1/s1. The highest BCUT2D eigenvalue weighted by Crippen LogP contribution is 2.22. The van der Waals surface area contributed by atoms with Gasteiger partial charge in [0.15, 0.2) is 0 Å². The fourth-order valence-electron chi connectivity index (χ4n) is 2.68. The van der Waals surface area contributed by atoms with E-state index in [9.17, 15) is 9.59 Å². The summed E-state index contributed by atoms with van der Waals surface area (Å²) in [5.74, 6) is -0.968. The molecule has 2 amide bonds.